The number of rotatable bonds is 3. The number of para-hydroxylation sites is 1. The molecule has 0 atom stereocenters. The number of hydrogen-bond donors (Lipinski definition) is 0. The lowest BCUT2D eigenvalue weighted by atomic mass is 10.3. The van der Waals surface area contributed by atoms with Gasteiger partial charge < -0.3 is 9.47 Å². The third kappa shape index (κ3) is 3.95. The first-order valence-corrected chi connectivity index (χ1v) is 5.96. The van der Waals surface area contributed by atoms with Crippen LogP contribution in [-0.4, -0.2) is 7.11 Å². The summed E-state index contributed by atoms with van der Waals surface area (Å²) in [7, 11) is 1.42. The Morgan fingerprint density at radius 1 is 0.895 bits per heavy atom. The molecule has 4 heteroatoms. The third-order valence-electron chi connectivity index (χ3n) is 2.18. The van der Waals surface area contributed by atoms with E-state index in [1.54, 1.807) is 6.07 Å². The summed E-state index contributed by atoms with van der Waals surface area (Å²) in [4.78, 5) is 0. The van der Waals surface area contributed by atoms with E-state index in [0.717, 1.165) is 0 Å². The highest BCUT2D eigenvalue weighted by atomic mass is 19.1. The molecule has 2 aromatic rings. The van der Waals surface area contributed by atoms with Crippen molar-refractivity contribution in [3.8, 4) is 17.2 Å². The molecular weight excluding hydrogens is 250 g/mol. The van der Waals surface area contributed by atoms with E-state index in [2.05, 4.69) is 0 Å². The number of methoxy groups -OCH3 is 1. The summed E-state index contributed by atoms with van der Waals surface area (Å²) in [5.41, 5.74) is 0. The molecule has 0 bridgehead atoms. The molecule has 0 saturated carbocycles. The lowest BCUT2D eigenvalue weighted by Gasteiger charge is -2.10. The third-order valence-corrected chi connectivity index (χ3v) is 2.18. The Kier molecular flexibility index (Phi) is 5.79. The quantitative estimate of drug-likeness (QED) is 0.795. The van der Waals surface area contributed by atoms with Gasteiger partial charge in [0.2, 0.25) is 5.75 Å². The zero-order valence-corrected chi connectivity index (χ0v) is 11.1. The van der Waals surface area contributed by atoms with Crippen LogP contribution in [0.3, 0.4) is 0 Å². The summed E-state index contributed by atoms with van der Waals surface area (Å²) in [5.74, 6) is -0.294. The fourth-order valence-electron chi connectivity index (χ4n) is 1.37. The van der Waals surface area contributed by atoms with E-state index in [1.807, 2.05) is 13.8 Å². The molecule has 0 aliphatic carbocycles. The van der Waals surface area contributed by atoms with Crippen molar-refractivity contribution in [3.05, 3.63) is 54.1 Å². The van der Waals surface area contributed by atoms with E-state index in [1.165, 1.54) is 43.5 Å². The molecule has 2 aromatic carbocycles. The highest BCUT2D eigenvalue weighted by molar-refractivity contribution is 5.43. The minimum absolute atomic E-state index is 0.0124. The van der Waals surface area contributed by atoms with E-state index in [9.17, 15) is 8.78 Å². The smallest absolute Gasteiger partial charge is 0.204 e. The maximum absolute atomic E-state index is 13.5. The second-order valence-corrected chi connectivity index (χ2v) is 3.33. The fourth-order valence-corrected chi connectivity index (χ4v) is 1.37. The number of halogens is 2. The van der Waals surface area contributed by atoms with Gasteiger partial charge in [-0.1, -0.05) is 19.9 Å². The molecule has 19 heavy (non-hydrogen) atoms. The van der Waals surface area contributed by atoms with Gasteiger partial charge in [0, 0.05) is 0 Å². The fraction of sp³-hybridized carbons (Fsp3) is 0.200. The number of benzene rings is 2. The van der Waals surface area contributed by atoms with Crippen LogP contribution in [-0.2, 0) is 0 Å². The van der Waals surface area contributed by atoms with Crippen molar-refractivity contribution in [1.29, 1.82) is 0 Å². The number of ether oxygens (including phenoxy) is 2. The molecule has 0 amide bonds. The van der Waals surface area contributed by atoms with E-state index in [0.29, 0.717) is 5.75 Å². The normalized spacial score (nSPS) is 9.32. The predicted molar refractivity (Wildman–Crippen MR) is 70.8 cm³/mol. The Balaban J connectivity index is 0.000000861. The Labute approximate surface area is 111 Å². The average molecular weight is 266 g/mol. The van der Waals surface area contributed by atoms with Crippen molar-refractivity contribution in [1.82, 2.24) is 0 Å². The highest BCUT2D eigenvalue weighted by Gasteiger charge is 2.11. The van der Waals surface area contributed by atoms with Crippen LogP contribution in [0, 0.1) is 11.6 Å². The average Bonchev–Trinajstić information content (AvgIpc) is 2.45. The molecule has 0 radical (unpaired) electrons. The van der Waals surface area contributed by atoms with Crippen LogP contribution >= 0.6 is 0 Å². The van der Waals surface area contributed by atoms with Crippen LogP contribution in [0.25, 0.3) is 0 Å². The van der Waals surface area contributed by atoms with Crippen LogP contribution in [0.2, 0.25) is 0 Å². The maximum atomic E-state index is 13.5. The minimum Gasteiger partial charge on any atom is -0.493 e. The van der Waals surface area contributed by atoms with Crippen LogP contribution in [0.4, 0.5) is 8.78 Å². The van der Waals surface area contributed by atoms with Crippen molar-refractivity contribution < 1.29 is 18.3 Å². The largest absolute Gasteiger partial charge is 0.493 e. The molecule has 0 unspecified atom stereocenters. The first kappa shape index (κ1) is 15.0. The van der Waals surface area contributed by atoms with Gasteiger partial charge in [-0.2, -0.15) is 0 Å². The first-order chi connectivity index (χ1) is 9.20. The van der Waals surface area contributed by atoms with Crippen molar-refractivity contribution >= 4 is 0 Å². The van der Waals surface area contributed by atoms with Gasteiger partial charge in [-0.3, -0.25) is 0 Å². The Morgan fingerprint density at radius 3 is 2.11 bits per heavy atom. The molecule has 102 valence electrons. The maximum Gasteiger partial charge on any atom is 0.204 e. The van der Waals surface area contributed by atoms with Gasteiger partial charge in [-0.25, -0.2) is 8.78 Å². The molecule has 0 spiro atoms. The van der Waals surface area contributed by atoms with E-state index >= 15 is 0 Å². The van der Waals surface area contributed by atoms with Crippen molar-refractivity contribution in [3.63, 3.8) is 0 Å². The lowest BCUT2D eigenvalue weighted by Crippen LogP contribution is -1.93. The summed E-state index contributed by atoms with van der Waals surface area (Å²) >= 11 is 0. The van der Waals surface area contributed by atoms with Gasteiger partial charge in [0.05, 0.1) is 7.11 Å². The first-order valence-electron chi connectivity index (χ1n) is 5.96. The molecule has 2 rings (SSSR count). The predicted octanol–water partition coefficient (Wildman–Crippen LogP) is 4.79. The Hall–Kier alpha value is -2.10. The molecule has 0 aliphatic rings. The molecule has 2 nitrogen and oxygen atoms in total. The van der Waals surface area contributed by atoms with E-state index in [4.69, 9.17) is 9.47 Å². The summed E-state index contributed by atoms with van der Waals surface area (Å²) in [6.07, 6.45) is 0. The van der Waals surface area contributed by atoms with Crippen LogP contribution in [0.15, 0.2) is 42.5 Å². The van der Waals surface area contributed by atoms with Crippen LogP contribution in [0.5, 0.6) is 17.2 Å². The van der Waals surface area contributed by atoms with Gasteiger partial charge in [0.1, 0.15) is 11.6 Å². The lowest BCUT2D eigenvalue weighted by molar-refractivity contribution is 0.364. The SMILES string of the molecule is CC.COc1cccc(F)c1Oc1ccc(F)cc1. The topological polar surface area (TPSA) is 18.5 Å². The van der Waals surface area contributed by atoms with Crippen LogP contribution in [0.1, 0.15) is 13.8 Å². The van der Waals surface area contributed by atoms with Gasteiger partial charge in [0.25, 0.3) is 0 Å². The Bertz CT molecular complexity index is 510. The zero-order valence-electron chi connectivity index (χ0n) is 11.1. The minimum atomic E-state index is -0.534. The molecule has 0 saturated heterocycles. The summed E-state index contributed by atoms with van der Waals surface area (Å²) in [6, 6.07) is 9.68. The van der Waals surface area contributed by atoms with E-state index in [-0.39, 0.29) is 17.3 Å². The van der Waals surface area contributed by atoms with Crippen molar-refractivity contribution in [2.45, 2.75) is 13.8 Å². The molecular formula is C15H16F2O2. The molecule has 0 aliphatic heterocycles. The van der Waals surface area contributed by atoms with Crippen LogP contribution < -0.4 is 9.47 Å². The van der Waals surface area contributed by atoms with Gasteiger partial charge >= 0.3 is 0 Å². The molecule has 0 heterocycles. The highest BCUT2D eigenvalue weighted by Crippen LogP contribution is 2.33. The van der Waals surface area contributed by atoms with Gasteiger partial charge in [-0.05, 0) is 36.4 Å². The van der Waals surface area contributed by atoms with Crippen molar-refractivity contribution in [2.24, 2.45) is 0 Å². The molecule has 0 aromatic heterocycles. The summed E-state index contributed by atoms with van der Waals surface area (Å²) in [6.45, 7) is 4.00. The second kappa shape index (κ2) is 7.36. The summed E-state index contributed by atoms with van der Waals surface area (Å²) < 4.78 is 36.5. The van der Waals surface area contributed by atoms with E-state index < -0.39 is 5.82 Å². The standard InChI is InChI=1S/C13H10F2O2.C2H6/c1-16-12-4-2-3-11(15)13(12)17-10-7-5-9(14)6-8-10;1-2/h2-8H,1H3;1-2H3. The number of hydrogen-bond acceptors (Lipinski definition) is 2. The van der Waals surface area contributed by atoms with Gasteiger partial charge in [-0.15, -0.1) is 0 Å². The van der Waals surface area contributed by atoms with Crippen molar-refractivity contribution in [2.75, 3.05) is 7.11 Å². The molecule has 0 N–H and O–H groups in total. The zero-order chi connectivity index (χ0) is 14.3. The monoisotopic (exact) mass is 266 g/mol. The Morgan fingerprint density at radius 2 is 1.53 bits per heavy atom. The summed E-state index contributed by atoms with van der Waals surface area (Å²) in [5, 5.41) is 0. The van der Waals surface area contributed by atoms with Gasteiger partial charge in [0.15, 0.2) is 11.6 Å². The molecule has 0 fully saturated rings. The second-order valence-electron chi connectivity index (χ2n) is 3.33.